The molecular formula is C12H17ClO. The Balaban J connectivity index is 3.24. The van der Waals surface area contributed by atoms with Gasteiger partial charge in [-0.15, -0.1) is 11.6 Å². The van der Waals surface area contributed by atoms with Crippen molar-refractivity contribution in [3.05, 3.63) is 28.8 Å². The molecule has 0 aliphatic heterocycles. The highest BCUT2D eigenvalue weighted by molar-refractivity contribution is 6.21. The zero-order valence-corrected chi connectivity index (χ0v) is 9.98. The summed E-state index contributed by atoms with van der Waals surface area (Å²) in [6.45, 7) is 6.22. The first-order valence-corrected chi connectivity index (χ1v) is 5.33. The van der Waals surface area contributed by atoms with Crippen LogP contribution < -0.4 is 4.74 Å². The highest BCUT2D eigenvalue weighted by atomic mass is 35.5. The minimum absolute atomic E-state index is 0.0468. The van der Waals surface area contributed by atoms with Gasteiger partial charge in [-0.05, 0) is 37.5 Å². The van der Waals surface area contributed by atoms with Crippen molar-refractivity contribution in [2.45, 2.75) is 32.6 Å². The lowest BCUT2D eigenvalue weighted by Crippen LogP contribution is -1.98. The second-order valence-corrected chi connectivity index (χ2v) is 4.10. The third-order valence-corrected chi connectivity index (χ3v) is 2.91. The zero-order chi connectivity index (χ0) is 10.7. The average Bonchev–Trinajstić information content (AvgIpc) is 2.15. The Morgan fingerprint density at radius 3 is 2.50 bits per heavy atom. The lowest BCUT2D eigenvalue weighted by atomic mass is 10.00. The van der Waals surface area contributed by atoms with Gasteiger partial charge in [0.05, 0.1) is 12.5 Å². The van der Waals surface area contributed by atoms with Crippen molar-refractivity contribution in [2.24, 2.45) is 0 Å². The van der Waals surface area contributed by atoms with Crippen LogP contribution in [0.1, 0.15) is 35.4 Å². The molecule has 1 nitrogen and oxygen atoms in total. The summed E-state index contributed by atoms with van der Waals surface area (Å²) in [4.78, 5) is 0. The summed E-state index contributed by atoms with van der Waals surface area (Å²) < 4.78 is 5.35. The van der Waals surface area contributed by atoms with E-state index < -0.39 is 0 Å². The van der Waals surface area contributed by atoms with E-state index in [2.05, 4.69) is 26.8 Å². The van der Waals surface area contributed by atoms with Gasteiger partial charge in [-0.25, -0.2) is 0 Å². The summed E-state index contributed by atoms with van der Waals surface area (Å²) in [6.07, 6.45) is 0.918. The summed E-state index contributed by atoms with van der Waals surface area (Å²) in [7, 11) is 1.69. The molecular weight excluding hydrogens is 196 g/mol. The molecule has 2 heteroatoms. The second-order valence-electron chi connectivity index (χ2n) is 3.57. The van der Waals surface area contributed by atoms with Crippen molar-refractivity contribution < 1.29 is 4.74 Å². The van der Waals surface area contributed by atoms with Crippen molar-refractivity contribution in [3.63, 3.8) is 0 Å². The van der Waals surface area contributed by atoms with Crippen molar-refractivity contribution in [1.82, 2.24) is 0 Å². The number of rotatable bonds is 3. The molecule has 0 fully saturated rings. The maximum absolute atomic E-state index is 6.25. The van der Waals surface area contributed by atoms with Crippen molar-refractivity contribution in [2.75, 3.05) is 7.11 Å². The molecule has 1 aromatic carbocycles. The second kappa shape index (κ2) is 4.70. The molecule has 0 aromatic heterocycles. The Morgan fingerprint density at radius 1 is 1.36 bits per heavy atom. The van der Waals surface area contributed by atoms with E-state index in [0.717, 1.165) is 17.7 Å². The number of methoxy groups -OCH3 is 1. The predicted octanol–water partition coefficient (Wildman–Crippen LogP) is 4.00. The normalized spacial score (nSPS) is 12.6. The molecule has 1 unspecified atom stereocenters. The van der Waals surface area contributed by atoms with Crippen LogP contribution >= 0.6 is 11.6 Å². The zero-order valence-electron chi connectivity index (χ0n) is 9.23. The molecule has 1 aromatic rings. The number of alkyl halides is 1. The van der Waals surface area contributed by atoms with Gasteiger partial charge in [0.2, 0.25) is 0 Å². The Kier molecular flexibility index (Phi) is 3.82. The topological polar surface area (TPSA) is 9.23 Å². The average molecular weight is 213 g/mol. The van der Waals surface area contributed by atoms with Gasteiger partial charge in [0.25, 0.3) is 0 Å². The molecule has 0 N–H and O–H groups in total. The van der Waals surface area contributed by atoms with Crippen LogP contribution in [-0.2, 0) is 0 Å². The first kappa shape index (κ1) is 11.4. The van der Waals surface area contributed by atoms with Gasteiger partial charge >= 0.3 is 0 Å². The molecule has 0 bridgehead atoms. The fourth-order valence-corrected chi connectivity index (χ4v) is 1.99. The van der Waals surface area contributed by atoms with Crippen molar-refractivity contribution >= 4 is 11.6 Å². The molecule has 78 valence electrons. The van der Waals surface area contributed by atoms with E-state index in [1.807, 2.05) is 6.07 Å². The van der Waals surface area contributed by atoms with Gasteiger partial charge in [-0.2, -0.15) is 0 Å². The quantitative estimate of drug-likeness (QED) is 0.689. The summed E-state index contributed by atoms with van der Waals surface area (Å²) in [5, 5.41) is 0.0468. The summed E-state index contributed by atoms with van der Waals surface area (Å²) in [6, 6.07) is 4.18. The number of hydrogen-bond acceptors (Lipinski definition) is 1. The molecule has 1 rings (SSSR count). The third kappa shape index (κ3) is 2.21. The van der Waals surface area contributed by atoms with Gasteiger partial charge in [0.1, 0.15) is 5.75 Å². The molecule has 0 amide bonds. The molecule has 0 aliphatic rings. The number of benzene rings is 1. The number of aryl methyl sites for hydroxylation is 2. The minimum atomic E-state index is 0.0468. The van der Waals surface area contributed by atoms with Gasteiger partial charge < -0.3 is 4.74 Å². The van der Waals surface area contributed by atoms with Gasteiger partial charge in [0, 0.05) is 5.56 Å². The van der Waals surface area contributed by atoms with Crippen LogP contribution in [0.5, 0.6) is 5.75 Å². The molecule has 0 radical (unpaired) electrons. The monoisotopic (exact) mass is 212 g/mol. The summed E-state index contributed by atoms with van der Waals surface area (Å²) in [5.74, 6) is 0.907. The first-order valence-electron chi connectivity index (χ1n) is 4.89. The van der Waals surface area contributed by atoms with Crippen LogP contribution in [0.2, 0.25) is 0 Å². The standard InChI is InChI=1S/C12H17ClO/c1-5-10(13)12-9(3)6-8(2)7-11(12)14-4/h6-7,10H,5H2,1-4H3. The Morgan fingerprint density at radius 2 is 2.00 bits per heavy atom. The maximum atomic E-state index is 6.25. The smallest absolute Gasteiger partial charge is 0.124 e. The highest BCUT2D eigenvalue weighted by Crippen LogP contribution is 2.35. The molecule has 0 saturated heterocycles. The largest absolute Gasteiger partial charge is 0.496 e. The van der Waals surface area contributed by atoms with E-state index in [4.69, 9.17) is 16.3 Å². The Bertz CT molecular complexity index is 320. The van der Waals surface area contributed by atoms with Crippen LogP contribution in [0.3, 0.4) is 0 Å². The fraction of sp³-hybridized carbons (Fsp3) is 0.500. The predicted molar refractivity (Wildman–Crippen MR) is 61.4 cm³/mol. The molecule has 1 atom stereocenters. The van der Waals surface area contributed by atoms with Crippen LogP contribution in [0.15, 0.2) is 12.1 Å². The lowest BCUT2D eigenvalue weighted by Gasteiger charge is -2.16. The Hall–Kier alpha value is -0.690. The SMILES string of the molecule is CCC(Cl)c1c(C)cc(C)cc1OC. The van der Waals surface area contributed by atoms with Gasteiger partial charge in [-0.3, -0.25) is 0 Å². The lowest BCUT2D eigenvalue weighted by molar-refractivity contribution is 0.408. The van der Waals surface area contributed by atoms with Crippen molar-refractivity contribution in [1.29, 1.82) is 0 Å². The van der Waals surface area contributed by atoms with Crippen LogP contribution in [0.25, 0.3) is 0 Å². The van der Waals surface area contributed by atoms with Gasteiger partial charge in [-0.1, -0.05) is 13.0 Å². The maximum Gasteiger partial charge on any atom is 0.124 e. The first-order chi connectivity index (χ1) is 6.60. The molecule has 0 spiro atoms. The van der Waals surface area contributed by atoms with E-state index in [1.165, 1.54) is 11.1 Å². The minimum Gasteiger partial charge on any atom is -0.496 e. The van der Waals surface area contributed by atoms with Crippen LogP contribution in [-0.4, -0.2) is 7.11 Å². The fourth-order valence-electron chi connectivity index (χ4n) is 1.71. The van der Waals surface area contributed by atoms with E-state index in [0.29, 0.717) is 0 Å². The molecule has 14 heavy (non-hydrogen) atoms. The Labute approximate surface area is 91.0 Å². The number of hydrogen-bond donors (Lipinski definition) is 0. The molecule has 0 aliphatic carbocycles. The number of ether oxygens (including phenoxy) is 1. The van der Waals surface area contributed by atoms with E-state index in [-0.39, 0.29) is 5.38 Å². The van der Waals surface area contributed by atoms with Gasteiger partial charge in [0.15, 0.2) is 0 Å². The van der Waals surface area contributed by atoms with E-state index >= 15 is 0 Å². The summed E-state index contributed by atoms with van der Waals surface area (Å²) in [5.41, 5.74) is 3.55. The molecule has 0 heterocycles. The summed E-state index contributed by atoms with van der Waals surface area (Å²) >= 11 is 6.25. The molecule has 0 saturated carbocycles. The van der Waals surface area contributed by atoms with E-state index in [1.54, 1.807) is 7.11 Å². The third-order valence-electron chi connectivity index (χ3n) is 2.38. The van der Waals surface area contributed by atoms with Crippen LogP contribution in [0.4, 0.5) is 0 Å². The van der Waals surface area contributed by atoms with Crippen molar-refractivity contribution in [3.8, 4) is 5.75 Å². The van der Waals surface area contributed by atoms with E-state index in [9.17, 15) is 0 Å². The van der Waals surface area contributed by atoms with Crippen LogP contribution in [0, 0.1) is 13.8 Å². The number of halogens is 1. The highest BCUT2D eigenvalue weighted by Gasteiger charge is 2.14.